The second kappa shape index (κ2) is 5.03. The van der Waals surface area contributed by atoms with Gasteiger partial charge >= 0.3 is 5.97 Å². The van der Waals surface area contributed by atoms with Gasteiger partial charge in [0.2, 0.25) is 0 Å². The minimum Gasteiger partial charge on any atom is -0.479 e. The molecule has 0 aliphatic carbocycles. The lowest BCUT2D eigenvalue weighted by Gasteiger charge is -2.33. The average molecular weight is 218 g/mol. The van der Waals surface area contributed by atoms with Crippen molar-refractivity contribution in [1.82, 2.24) is 0 Å². The molecule has 1 N–H and O–H groups in total. The molecule has 0 aromatic rings. The Bertz CT molecular complexity index is 198. The molecule has 0 bridgehead atoms. The summed E-state index contributed by atoms with van der Waals surface area (Å²) in [7, 11) is 0. The topological polar surface area (TPSA) is 46.5 Å². The minimum atomic E-state index is -0.910. The van der Waals surface area contributed by atoms with Crippen molar-refractivity contribution in [3.8, 4) is 0 Å². The standard InChI is InChI=1S/C10H18O3S/c1-8(2)6-13-10(9(11)12)4-3-5-14-7-10/h8H,3-7H2,1-2H3,(H,11,12). The number of carbonyl (C=O) groups is 1. The van der Waals surface area contributed by atoms with E-state index in [-0.39, 0.29) is 0 Å². The van der Waals surface area contributed by atoms with E-state index in [1.807, 2.05) is 13.8 Å². The molecular formula is C10H18O3S. The number of carboxylic acids is 1. The lowest BCUT2D eigenvalue weighted by Crippen LogP contribution is -2.46. The van der Waals surface area contributed by atoms with Gasteiger partial charge in [-0.3, -0.25) is 0 Å². The summed E-state index contributed by atoms with van der Waals surface area (Å²) >= 11 is 1.68. The summed E-state index contributed by atoms with van der Waals surface area (Å²) in [6.07, 6.45) is 1.59. The van der Waals surface area contributed by atoms with Gasteiger partial charge in [0.25, 0.3) is 0 Å². The number of rotatable bonds is 4. The Morgan fingerprint density at radius 1 is 1.64 bits per heavy atom. The molecule has 82 valence electrons. The predicted octanol–water partition coefficient (Wildman–Crippen LogP) is 2.01. The van der Waals surface area contributed by atoms with Gasteiger partial charge in [0, 0.05) is 5.75 Å². The van der Waals surface area contributed by atoms with Crippen molar-refractivity contribution < 1.29 is 14.6 Å². The van der Waals surface area contributed by atoms with Crippen molar-refractivity contribution in [3.63, 3.8) is 0 Å². The van der Waals surface area contributed by atoms with Gasteiger partial charge in [-0.15, -0.1) is 0 Å². The zero-order chi connectivity index (χ0) is 10.6. The Balaban J connectivity index is 2.56. The van der Waals surface area contributed by atoms with Gasteiger partial charge in [0.15, 0.2) is 5.60 Å². The third-order valence-electron chi connectivity index (χ3n) is 2.29. The summed E-state index contributed by atoms with van der Waals surface area (Å²) < 4.78 is 5.57. The Morgan fingerprint density at radius 3 is 2.79 bits per heavy atom. The third kappa shape index (κ3) is 2.89. The summed E-state index contributed by atoms with van der Waals surface area (Å²) in [6.45, 7) is 4.60. The van der Waals surface area contributed by atoms with Gasteiger partial charge in [-0.05, 0) is 24.5 Å². The van der Waals surface area contributed by atoms with Crippen LogP contribution in [0.3, 0.4) is 0 Å². The van der Waals surface area contributed by atoms with E-state index in [9.17, 15) is 4.79 Å². The van der Waals surface area contributed by atoms with Crippen LogP contribution in [0.25, 0.3) is 0 Å². The summed E-state index contributed by atoms with van der Waals surface area (Å²) in [6, 6.07) is 0. The molecule has 0 amide bonds. The van der Waals surface area contributed by atoms with E-state index in [1.54, 1.807) is 11.8 Å². The monoisotopic (exact) mass is 218 g/mol. The number of thioether (sulfide) groups is 1. The van der Waals surface area contributed by atoms with Crippen LogP contribution in [0, 0.1) is 5.92 Å². The first kappa shape index (κ1) is 11.9. The quantitative estimate of drug-likeness (QED) is 0.784. The number of carboxylic acid groups (broad SMARTS) is 1. The van der Waals surface area contributed by atoms with Gasteiger partial charge in [-0.1, -0.05) is 13.8 Å². The molecule has 14 heavy (non-hydrogen) atoms. The van der Waals surface area contributed by atoms with Gasteiger partial charge in [0.05, 0.1) is 6.61 Å². The van der Waals surface area contributed by atoms with Crippen LogP contribution in [0.2, 0.25) is 0 Å². The fourth-order valence-electron chi connectivity index (χ4n) is 1.44. The first-order valence-electron chi connectivity index (χ1n) is 5.02. The summed E-state index contributed by atoms with van der Waals surface area (Å²) in [5.74, 6) is 1.23. The van der Waals surface area contributed by atoms with Crippen LogP contribution < -0.4 is 0 Å². The molecule has 1 fully saturated rings. The highest BCUT2D eigenvalue weighted by atomic mass is 32.2. The van der Waals surface area contributed by atoms with E-state index in [1.165, 1.54) is 0 Å². The molecule has 0 spiro atoms. The maximum absolute atomic E-state index is 11.2. The maximum atomic E-state index is 11.2. The molecule has 1 heterocycles. The molecule has 1 aliphatic heterocycles. The third-order valence-corrected chi connectivity index (χ3v) is 3.54. The summed E-state index contributed by atoms with van der Waals surface area (Å²) in [4.78, 5) is 11.2. The van der Waals surface area contributed by atoms with Crippen molar-refractivity contribution in [2.24, 2.45) is 5.92 Å². The van der Waals surface area contributed by atoms with Crippen LogP contribution >= 0.6 is 11.8 Å². The fraction of sp³-hybridized carbons (Fsp3) is 0.900. The van der Waals surface area contributed by atoms with Gasteiger partial charge < -0.3 is 9.84 Å². The Labute approximate surface area is 89.2 Å². The first-order valence-corrected chi connectivity index (χ1v) is 6.17. The van der Waals surface area contributed by atoms with E-state index in [4.69, 9.17) is 9.84 Å². The molecule has 0 aromatic heterocycles. The molecule has 1 rings (SSSR count). The van der Waals surface area contributed by atoms with Crippen LogP contribution in [0.5, 0.6) is 0 Å². The van der Waals surface area contributed by atoms with Crippen molar-refractivity contribution in [2.45, 2.75) is 32.3 Å². The highest BCUT2D eigenvalue weighted by Crippen LogP contribution is 2.30. The van der Waals surface area contributed by atoms with Crippen molar-refractivity contribution in [1.29, 1.82) is 0 Å². The van der Waals surface area contributed by atoms with E-state index in [2.05, 4.69) is 0 Å². The zero-order valence-electron chi connectivity index (χ0n) is 8.78. The predicted molar refractivity (Wildman–Crippen MR) is 57.7 cm³/mol. The lowest BCUT2D eigenvalue weighted by molar-refractivity contribution is -0.165. The van der Waals surface area contributed by atoms with Gasteiger partial charge in [0.1, 0.15) is 0 Å². The zero-order valence-corrected chi connectivity index (χ0v) is 9.60. The molecule has 1 aliphatic rings. The Hall–Kier alpha value is -0.220. The second-order valence-corrected chi connectivity index (χ2v) is 5.27. The fourth-order valence-corrected chi connectivity index (χ4v) is 2.61. The molecule has 0 aromatic carbocycles. The molecular weight excluding hydrogens is 200 g/mol. The van der Waals surface area contributed by atoms with Crippen molar-refractivity contribution >= 4 is 17.7 Å². The number of hydrogen-bond donors (Lipinski definition) is 1. The summed E-state index contributed by atoms with van der Waals surface area (Å²) in [5.41, 5.74) is -0.910. The van der Waals surface area contributed by atoms with E-state index < -0.39 is 11.6 Å². The van der Waals surface area contributed by atoms with Crippen molar-refractivity contribution in [3.05, 3.63) is 0 Å². The van der Waals surface area contributed by atoms with Crippen LogP contribution in [-0.2, 0) is 9.53 Å². The smallest absolute Gasteiger partial charge is 0.336 e. The molecule has 0 radical (unpaired) electrons. The average Bonchev–Trinajstić information content (AvgIpc) is 2.16. The highest BCUT2D eigenvalue weighted by molar-refractivity contribution is 7.99. The lowest BCUT2D eigenvalue weighted by atomic mass is 9.99. The molecule has 4 heteroatoms. The Morgan fingerprint density at radius 2 is 2.36 bits per heavy atom. The minimum absolute atomic E-state index is 0.387. The van der Waals surface area contributed by atoms with Crippen LogP contribution in [0.1, 0.15) is 26.7 Å². The molecule has 0 saturated carbocycles. The molecule has 3 nitrogen and oxygen atoms in total. The number of ether oxygens (including phenoxy) is 1. The van der Waals surface area contributed by atoms with Crippen LogP contribution in [-0.4, -0.2) is 34.8 Å². The first-order chi connectivity index (χ1) is 6.57. The SMILES string of the molecule is CC(C)COC1(C(=O)O)CCCSC1. The number of aliphatic carboxylic acids is 1. The van der Waals surface area contributed by atoms with Crippen LogP contribution in [0.4, 0.5) is 0 Å². The van der Waals surface area contributed by atoms with Gasteiger partial charge in [-0.25, -0.2) is 4.79 Å². The van der Waals surface area contributed by atoms with Crippen LogP contribution in [0.15, 0.2) is 0 Å². The second-order valence-electron chi connectivity index (χ2n) is 4.16. The Kier molecular flexibility index (Phi) is 4.26. The normalized spacial score (nSPS) is 27.9. The number of hydrogen-bond acceptors (Lipinski definition) is 3. The van der Waals surface area contributed by atoms with E-state index in [0.717, 1.165) is 12.2 Å². The largest absolute Gasteiger partial charge is 0.479 e. The highest BCUT2D eigenvalue weighted by Gasteiger charge is 2.41. The van der Waals surface area contributed by atoms with E-state index in [0.29, 0.717) is 24.7 Å². The van der Waals surface area contributed by atoms with Gasteiger partial charge in [-0.2, -0.15) is 11.8 Å². The maximum Gasteiger partial charge on any atom is 0.336 e. The molecule has 1 saturated heterocycles. The molecule has 1 unspecified atom stereocenters. The molecule has 1 atom stereocenters. The van der Waals surface area contributed by atoms with Crippen molar-refractivity contribution in [2.75, 3.05) is 18.1 Å². The van der Waals surface area contributed by atoms with E-state index >= 15 is 0 Å². The summed E-state index contributed by atoms with van der Waals surface area (Å²) in [5, 5.41) is 9.16.